The molecule has 1 aromatic carbocycles. The van der Waals surface area contributed by atoms with Gasteiger partial charge in [0.05, 0.1) is 17.2 Å². The number of hydrogen-bond donors (Lipinski definition) is 0. The average molecular weight is 282 g/mol. The summed E-state index contributed by atoms with van der Waals surface area (Å²) < 4.78 is 4.83. The smallest absolute Gasteiger partial charge is 0.325 e. The lowest BCUT2D eigenvalue weighted by atomic mass is 10.2. The Hall–Kier alpha value is -1.81. The number of ether oxygens (including phenoxy) is 1. The van der Waals surface area contributed by atoms with Crippen LogP contribution in [0.15, 0.2) is 36.9 Å². The monoisotopic (exact) mass is 281 g/mol. The number of carbonyl (C=O) groups excluding carboxylic acids is 2. The summed E-state index contributed by atoms with van der Waals surface area (Å²) in [4.78, 5) is 25.1. The van der Waals surface area contributed by atoms with Crippen molar-refractivity contribution in [1.29, 1.82) is 0 Å². The van der Waals surface area contributed by atoms with Gasteiger partial charge in [0.25, 0.3) is 5.91 Å². The van der Waals surface area contributed by atoms with E-state index in [0.29, 0.717) is 10.6 Å². The molecule has 0 unspecified atom stereocenters. The van der Waals surface area contributed by atoms with Crippen LogP contribution in [0.5, 0.6) is 0 Å². The first-order chi connectivity index (χ1) is 9.10. The Morgan fingerprint density at radius 3 is 2.68 bits per heavy atom. The first-order valence-electron chi connectivity index (χ1n) is 5.90. The maximum atomic E-state index is 12.3. The second-order valence-corrected chi connectivity index (χ2v) is 4.17. The molecule has 4 nitrogen and oxygen atoms in total. The highest BCUT2D eigenvalue weighted by Gasteiger charge is 2.20. The second kappa shape index (κ2) is 7.59. The number of nitrogens with zero attached hydrogens (tertiary/aromatic N) is 1. The lowest BCUT2D eigenvalue weighted by molar-refractivity contribution is -0.143. The zero-order valence-electron chi connectivity index (χ0n) is 10.8. The number of benzene rings is 1. The van der Waals surface area contributed by atoms with E-state index in [1.807, 2.05) is 0 Å². The van der Waals surface area contributed by atoms with Gasteiger partial charge in [-0.2, -0.15) is 0 Å². The highest BCUT2D eigenvalue weighted by atomic mass is 35.5. The molecule has 0 aliphatic carbocycles. The topological polar surface area (TPSA) is 46.6 Å². The van der Waals surface area contributed by atoms with Crippen molar-refractivity contribution in [3.05, 3.63) is 47.5 Å². The van der Waals surface area contributed by atoms with E-state index in [2.05, 4.69) is 6.58 Å². The molecular formula is C14H16ClNO3. The highest BCUT2D eigenvalue weighted by Crippen LogP contribution is 2.17. The van der Waals surface area contributed by atoms with E-state index in [4.69, 9.17) is 16.3 Å². The van der Waals surface area contributed by atoms with Crippen molar-refractivity contribution < 1.29 is 14.3 Å². The molecule has 19 heavy (non-hydrogen) atoms. The van der Waals surface area contributed by atoms with E-state index >= 15 is 0 Å². The molecule has 0 N–H and O–H groups in total. The van der Waals surface area contributed by atoms with Gasteiger partial charge in [0.1, 0.15) is 6.54 Å². The van der Waals surface area contributed by atoms with Gasteiger partial charge in [-0.1, -0.05) is 29.8 Å². The van der Waals surface area contributed by atoms with Gasteiger partial charge < -0.3 is 9.64 Å². The van der Waals surface area contributed by atoms with Crippen LogP contribution in [-0.2, 0) is 9.53 Å². The Morgan fingerprint density at radius 2 is 2.11 bits per heavy atom. The number of hydrogen-bond acceptors (Lipinski definition) is 3. The van der Waals surface area contributed by atoms with Crippen molar-refractivity contribution >= 4 is 23.5 Å². The average Bonchev–Trinajstić information content (AvgIpc) is 2.38. The van der Waals surface area contributed by atoms with Crippen LogP contribution in [0.25, 0.3) is 0 Å². The van der Waals surface area contributed by atoms with Crippen molar-refractivity contribution in [2.45, 2.75) is 6.92 Å². The second-order valence-electron chi connectivity index (χ2n) is 3.76. The van der Waals surface area contributed by atoms with E-state index in [1.54, 1.807) is 37.3 Å². The van der Waals surface area contributed by atoms with Crippen LogP contribution in [0.1, 0.15) is 17.3 Å². The zero-order valence-corrected chi connectivity index (χ0v) is 11.5. The predicted molar refractivity (Wildman–Crippen MR) is 74.2 cm³/mol. The first kappa shape index (κ1) is 15.2. The summed E-state index contributed by atoms with van der Waals surface area (Å²) in [5.41, 5.74) is 0.357. The minimum Gasteiger partial charge on any atom is -0.465 e. The van der Waals surface area contributed by atoms with Gasteiger partial charge in [-0.3, -0.25) is 9.59 Å². The largest absolute Gasteiger partial charge is 0.465 e. The quantitative estimate of drug-likeness (QED) is 0.595. The fraction of sp³-hybridized carbons (Fsp3) is 0.286. The molecule has 1 rings (SSSR count). The molecule has 0 heterocycles. The molecule has 0 spiro atoms. The maximum absolute atomic E-state index is 12.3. The van der Waals surface area contributed by atoms with E-state index in [1.165, 1.54) is 4.90 Å². The van der Waals surface area contributed by atoms with Gasteiger partial charge in [0.2, 0.25) is 0 Å². The van der Waals surface area contributed by atoms with Crippen LogP contribution in [0.4, 0.5) is 0 Å². The van der Waals surface area contributed by atoms with Crippen LogP contribution in [0.3, 0.4) is 0 Å². The third-order valence-corrected chi connectivity index (χ3v) is 2.70. The molecule has 0 bridgehead atoms. The molecule has 0 fully saturated rings. The predicted octanol–water partition coefficient (Wildman–Crippen LogP) is 2.53. The van der Waals surface area contributed by atoms with Crippen LogP contribution >= 0.6 is 11.6 Å². The number of halogens is 1. The number of rotatable bonds is 6. The third kappa shape index (κ3) is 4.41. The molecule has 0 radical (unpaired) electrons. The van der Waals surface area contributed by atoms with E-state index in [0.717, 1.165) is 0 Å². The summed E-state index contributed by atoms with van der Waals surface area (Å²) in [5, 5.41) is 0.352. The summed E-state index contributed by atoms with van der Waals surface area (Å²) in [6.07, 6.45) is 1.55. The van der Waals surface area contributed by atoms with Gasteiger partial charge in [-0.15, -0.1) is 6.58 Å². The van der Waals surface area contributed by atoms with Gasteiger partial charge in [0, 0.05) is 6.54 Å². The van der Waals surface area contributed by atoms with Gasteiger partial charge in [0.15, 0.2) is 0 Å². The Morgan fingerprint density at radius 1 is 1.42 bits per heavy atom. The van der Waals surface area contributed by atoms with E-state index in [-0.39, 0.29) is 25.6 Å². The summed E-state index contributed by atoms with van der Waals surface area (Å²) >= 11 is 5.97. The molecule has 0 aliphatic rings. The fourth-order valence-electron chi connectivity index (χ4n) is 1.54. The summed E-state index contributed by atoms with van der Waals surface area (Å²) in [7, 11) is 0. The fourth-order valence-corrected chi connectivity index (χ4v) is 1.76. The number of carbonyl (C=O) groups is 2. The summed E-state index contributed by atoms with van der Waals surface area (Å²) in [6.45, 7) is 5.70. The normalized spacial score (nSPS) is 9.79. The third-order valence-electron chi connectivity index (χ3n) is 2.37. The first-order valence-corrected chi connectivity index (χ1v) is 6.28. The molecule has 0 aliphatic heterocycles. The molecule has 0 saturated carbocycles. The van der Waals surface area contributed by atoms with Crippen LogP contribution in [0, 0.1) is 0 Å². The Bertz CT molecular complexity index is 474. The Kier molecular flexibility index (Phi) is 6.09. The van der Waals surface area contributed by atoms with E-state index in [9.17, 15) is 9.59 Å². The minimum atomic E-state index is -0.454. The van der Waals surface area contributed by atoms with Crippen LogP contribution in [0.2, 0.25) is 5.02 Å². The van der Waals surface area contributed by atoms with Crippen molar-refractivity contribution in [1.82, 2.24) is 4.90 Å². The molecule has 0 saturated heterocycles. The van der Waals surface area contributed by atoms with Crippen molar-refractivity contribution in [3.63, 3.8) is 0 Å². The number of amides is 1. The van der Waals surface area contributed by atoms with Crippen LogP contribution < -0.4 is 0 Å². The van der Waals surface area contributed by atoms with Crippen LogP contribution in [-0.4, -0.2) is 36.5 Å². The molecular weight excluding hydrogens is 266 g/mol. The van der Waals surface area contributed by atoms with E-state index < -0.39 is 5.97 Å². The molecule has 1 aromatic rings. The molecule has 5 heteroatoms. The zero-order chi connectivity index (χ0) is 14.3. The SMILES string of the molecule is C=CCN(CC(=O)OCC)C(=O)c1ccccc1Cl. The van der Waals surface area contributed by atoms with Gasteiger partial charge in [-0.05, 0) is 19.1 Å². The standard InChI is InChI=1S/C14H16ClNO3/c1-3-9-16(10-13(17)19-4-2)14(18)11-7-5-6-8-12(11)15/h3,5-8H,1,4,9-10H2,2H3. The Labute approximate surface area is 117 Å². The van der Waals surface area contributed by atoms with Gasteiger partial charge in [-0.25, -0.2) is 0 Å². The lowest BCUT2D eigenvalue weighted by Gasteiger charge is -2.20. The summed E-state index contributed by atoms with van der Waals surface area (Å²) in [5.74, 6) is -0.775. The number of esters is 1. The van der Waals surface area contributed by atoms with Gasteiger partial charge >= 0.3 is 5.97 Å². The molecule has 102 valence electrons. The highest BCUT2D eigenvalue weighted by molar-refractivity contribution is 6.33. The summed E-state index contributed by atoms with van der Waals surface area (Å²) in [6, 6.07) is 6.70. The molecule has 0 atom stereocenters. The minimum absolute atomic E-state index is 0.121. The van der Waals surface area contributed by atoms with Crippen molar-refractivity contribution in [2.24, 2.45) is 0 Å². The Balaban J connectivity index is 2.87. The lowest BCUT2D eigenvalue weighted by Crippen LogP contribution is -2.36. The molecule has 1 amide bonds. The molecule has 0 aromatic heterocycles. The van der Waals surface area contributed by atoms with Crippen molar-refractivity contribution in [3.8, 4) is 0 Å². The van der Waals surface area contributed by atoms with Crippen molar-refractivity contribution in [2.75, 3.05) is 19.7 Å². The maximum Gasteiger partial charge on any atom is 0.325 e.